The highest BCUT2D eigenvalue weighted by Gasteiger charge is 2.26. The number of nitrogens with zero attached hydrogens (tertiary/aromatic N) is 1. The summed E-state index contributed by atoms with van der Waals surface area (Å²) in [6.45, 7) is 10.8. The minimum absolute atomic E-state index is 0.0104. The van der Waals surface area contributed by atoms with Crippen LogP contribution in [0.1, 0.15) is 34.1 Å². The number of likely N-dealkylation sites (N-methyl/N-ethyl adjacent to an activating group) is 1. The van der Waals surface area contributed by atoms with E-state index in [0.29, 0.717) is 0 Å². The van der Waals surface area contributed by atoms with Crippen molar-refractivity contribution in [1.82, 2.24) is 4.90 Å². The lowest BCUT2D eigenvalue weighted by molar-refractivity contribution is 0.0479. The maximum absolute atomic E-state index is 9.18. The van der Waals surface area contributed by atoms with E-state index in [1.807, 2.05) is 0 Å². The van der Waals surface area contributed by atoms with Crippen molar-refractivity contribution in [3.05, 3.63) is 0 Å². The van der Waals surface area contributed by atoms with Gasteiger partial charge in [-0.05, 0) is 26.4 Å². The summed E-state index contributed by atoms with van der Waals surface area (Å²) in [5, 5.41) is 9.18. The van der Waals surface area contributed by atoms with Crippen LogP contribution in [0.3, 0.4) is 0 Å². The smallest absolute Gasteiger partial charge is 0.0612 e. The van der Waals surface area contributed by atoms with Gasteiger partial charge in [-0.3, -0.25) is 4.90 Å². The third kappa shape index (κ3) is 2.46. The summed E-state index contributed by atoms with van der Waals surface area (Å²) < 4.78 is 0. The fourth-order valence-electron chi connectivity index (χ4n) is 1.42. The number of rotatable bonds is 5. The van der Waals surface area contributed by atoms with Gasteiger partial charge in [-0.15, -0.1) is 0 Å². The van der Waals surface area contributed by atoms with Crippen molar-refractivity contribution in [3.8, 4) is 0 Å². The van der Waals surface area contributed by atoms with Crippen molar-refractivity contribution >= 4 is 0 Å². The lowest BCUT2D eigenvalue weighted by Crippen LogP contribution is -2.48. The average Bonchev–Trinajstić information content (AvgIpc) is 2.06. The van der Waals surface area contributed by atoms with Crippen molar-refractivity contribution < 1.29 is 5.11 Å². The van der Waals surface area contributed by atoms with E-state index >= 15 is 0 Å². The molecule has 0 aliphatic heterocycles. The van der Waals surface area contributed by atoms with E-state index in [1.54, 1.807) is 0 Å². The lowest BCUT2D eigenvalue weighted by Gasteiger charge is -2.38. The van der Waals surface area contributed by atoms with E-state index in [0.717, 1.165) is 19.5 Å². The maximum atomic E-state index is 9.18. The molecule has 0 aromatic rings. The summed E-state index contributed by atoms with van der Waals surface area (Å²) in [7, 11) is 0. The molecule has 1 unspecified atom stereocenters. The van der Waals surface area contributed by atoms with E-state index in [4.69, 9.17) is 0 Å². The van der Waals surface area contributed by atoms with Crippen molar-refractivity contribution in [1.29, 1.82) is 0 Å². The largest absolute Gasteiger partial charge is 0.394 e. The molecule has 0 saturated carbocycles. The topological polar surface area (TPSA) is 23.5 Å². The zero-order chi connectivity index (χ0) is 8.91. The van der Waals surface area contributed by atoms with Crippen LogP contribution in [0.2, 0.25) is 0 Å². The predicted octanol–water partition coefficient (Wildman–Crippen LogP) is 1.49. The highest BCUT2D eigenvalue weighted by atomic mass is 16.3. The third-order valence-corrected chi connectivity index (χ3v) is 2.63. The fourth-order valence-corrected chi connectivity index (χ4v) is 1.42. The van der Waals surface area contributed by atoms with Crippen molar-refractivity contribution in [3.63, 3.8) is 0 Å². The molecule has 0 heterocycles. The van der Waals surface area contributed by atoms with Gasteiger partial charge in [0, 0.05) is 5.54 Å². The highest BCUT2D eigenvalue weighted by Crippen LogP contribution is 2.17. The van der Waals surface area contributed by atoms with Gasteiger partial charge in [-0.2, -0.15) is 0 Å². The Morgan fingerprint density at radius 2 is 1.64 bits per heavy atom. The molecule has 68 valence electrons. The monoisotopic (exact) mass is 159 g/mol. The maximum Gasteiger partial charge on any atom is 0.0612 e. The van der Waals surface area contributed by atoms with E-state index < -0.39 is 0 Å². The first-order chi connectivity index (χ1) is 5.14. The Morgan fingerprint density at radius 1 is 1.18 bits per heavy atom. The Labute approximate surface area is 70.2 Å². The normalized spacial score (nSPS) is 16.9. The van der Waals surface area contributed by atoms with Crippen LogP contribution in [0.4, 0.5) is 0 Å². The van der Waals surface area contributed by atoms with Gasteiger partial charge in [0.15, 0.2) is 0 Å². The van der Waals surface area contributed by atoms with Gasteiger partial charge < -0.3 is 5.11 Å². The molecule has 11 heavy (non-hydrogen) atoms. The number of aliphatic hydroxyl groups excluding tert-OH is 1. The molecular weight excluding hydrogens is 138 g/mol. The number of hydrogen-bond acceptors (Lipinski definition) is 2. The van der Waals surface area contributed by atoms with Crippen LogP contribution in [-0.2, 0) is 0 Å². The van der Waals surface area contributed by atoms with Crippen LogP contribution in [0.5, 0.6) is 0 Å². The first-order valence-electron chi connectivity index (χ1n) is 4.50. The first kappa shape index (κ1) is 10.9. The fraction of sp³-hybridized carbons (Fsp3) is 1.00. The minimum atomic E-state index is -0.0104. The van der Waals surface area contributed by atoms with Crippen molar-refractivity contribution in [2.45, 2.75) is 39.7 Å². The van der Waals surface area contributed by atoms with Gasteiger partial charge in [0.25, 0.3) is 0 Å². The van der Waals surface area contributed by atoms with Crippen LogP contribution in [0.15, 0.2) is 0 Å². The molecule has 0 amide bonds. The van der Waals surface area contributed by atoms with Crippen molar-refractivity contribution in [2.24, 2.45) is 0 Å². The van der Waals surface area contributed by atoms with Gasteiger partial charge >= 0.3 is 0 Å². The standard InChI is InChI=1S/C9H21NO/c1-5-9(4,8-11)10(6-2)7-3/h11H,5-8H2,1-4H3. The minimum Gasteiger partial charge on any atom is -0.394 e. The van der Waals surface area contributed by atoms with Crippen molar-refractivity contribution in [2.75, 3.05) is 19.7 Å². The third-order valence-electron chi connectivity index (χ3n) is 2.63. The van der Waals surface area contributed by atoms with Crippen LogP contribution < -0.4 is 0 Å². The molecule has 0 fully saturated rings. The van der Waals surface area contributed by atoms with E-state index in [1.165, 1.54) is 0 Å². The Morgan fingerprint density at radius 3 is 1.73 bits per heavy atom. The van der Waals surface area contributed by atoms with E-state index in [9.17, 15) is 5.11 Å². The Bertz CT molecular complexity index is 95.7. The SMILES string of the molecule is CCN(CC)C(C)(CC)CO. The Kier molecular flexibility index (Phi) is 4.69. The van der Waals surface area contributed by atoms with Gasteiger partial charge in [-0.25, -0.2) is 0 Å². The van der Waals surface area contributed by atoms with Gasteiger partial charge in [-0.1, -0.05) is 20.8 Å². The highest BCUT2D eigenvalue weighted by molar-refractivity contribution is 4.82. The molecule has 0 saturated heterocycles. The Hall–Kier alpha value is -0.0800. The first-order valence-corrected chi connectivity index (χ1v) is 4.50. The zero-order valence-corrected chi connectivity index (χ0v) is 8.22. The second-order valence-corrected chi connectivity index (χ2v) is 3.18. The van der Waals surface area contributed by atoms with E-state index in [2.05, 4.69) is 32.6 Å². The molecule has 1 atom stereocenters. The van der Waals surface area contributed by atoms with Gasteiger partial charge in [0.1, 0.15) is 0 Å². The molecule has 0 radical (unpaired) electrons. The van der Waals surface area contributed by atoms with Crippen LogP contribution in [0, 0.1) is 0 Å². The zero-order valence-electron chi connectivity index (χ0n) is 8.22. The Balaban J connectivity index is 4.19. The lowest BCUT2D eigenvalue weighted by atomic mass is 9.98. The molecule has 0 spiro atoms. The summed E-state index contributed by atoms with van der Waals surface area (Å²) in [6, 6.07) is 0. The molecule has 0 aromatic carbocycles. The van der Waals surface area contributed by atoms with E-state index in [-0.39, 0.29) is 12.1 Å². The molecule has 0 rings (SSSR count). The second-order valence-electron chi connectivity index (χ2n) is 3.18. The van der Waals surface area contributed by atoms with Crippen LogP contribution in [-0.4, -0.2) is 35.2 Å². The molecule has 0 aliphatic rings. The molecule has 1 N–H and O–H groups in total. The summed E-state index contributed by atoms with van der Waals surface area (Å²) in [6.07, 6.45) is 1.01. The average molecular weight is 159 g/mol. The summed E-state index contributed by atoms with van der Waals surface area (Å²) in [4.78, 5) is 2.30. The van der Waals surface area contributed by atoms with Gasteiger partial charge in [0.2, 0.25) is 0 Å². The second kappa shape index (κ2) is 4.73. The molecule has 0 bridgehead atoms. The summed E-state index contributed by atoms with van der Waals surface area (Å²) in [5.41, 5.74) is -0.0104. The molecule has 2 heteroatoms. The number of hydrogen-bond donors (Lipinski definition) is 1. The predicted molar refractivity (Wildman–Crippen MR) is 48.7 cm³/mol. The molecule has 0 aromatic heterocycles. The molecular formula is C9H21NO. The number of aliphatic hydroxyl groups is 1. The van der Waals surface area contributed by atoms with Gasteiger partial charge in [0.05, 0.1) is 6.61 Å². The quantitative estimate of drug-likeness (QED) is 0.657. The summed E-state index contributed by atoms with van der Waals surface area (Å²) >= 11 is 0. The van der Waals surface area contributed by atoms with Crippen LogP contribution >= 0.6 is 0 Å². The summed E-state index contributed by atoms with van der Waals surface area (Å²) in [5.74, 6) is 0. The molecule has 2 nitrogen and oxygen atoms in total. The van der Waals surface area contributed by atoms with Crippen LogP contribution in [0.25, 0.3) is 0 Å². The molecule has 0 aliphatic carbocycles.